The van der Waals surface area contributed by atoms with Gasteiger partial charge in [-0.3, -0.25) is 19.2 Å². The van der Waals surface area contributed by atoms with Crippen molar-refractivity contribution in [3.05, 3.63) is 18.0 Å². The van der Waals surface area contributed by atoms with Gasteiger partial charge in [-0.15, -0.1) is 0 Å². The molecule has 2 bridgehead atoms. The highest BCUT2D eigenvalue weighted by molar-refractivity contribution is 5.82. The highest BCUT2D eigenvalue weighted by Gasteiger charge is 2.62. The molecule has 1 aromatic rings. The van der Waals surface area contributed by atoms with Crippen molar-refractivity contribution < 1.29 is 19.4 Å². The maximum Gasteiger partial charge on any atom is 0.290 e. The lowest BCUT2D eigenvalue weighted by Crippen LogP contribution is -2.45. The number of fused-ring (bicyclic) bond motifs is 1. The highest BCUT2D eigenvalue weighted by atomic mass is 16.5. The van der Waals surface area contributed by atoms with Gasteiger partial charge in [0.15, 0.2) is 0 Å². The first-order valence-electron chi connectivity index (χ1n) is 11.7. The van der Waals surface area contributed by atoms with Crippen LogP contribution in [0.5, 0.6) is 0 Å². The molecule has 0 radical (unpaired) electrons. The summed E-state index contributed by atoms with van der Waals surface area (Å²) in [6.45, 7) is 8.68. The summed E-state index contributed by atoms with van der Waals surface area (Å²) in [6, 6.07) is 2.13. The van der Waals surface area contributed by atoms with E-state index in [0.29, 0.717) is 17.9 Å². The molecule has 5 rings (SSSR count). The molecule has 0 aromatic carbocycles. The van der Waals surface area contributed by atoms with Crippen LogP contribution in [0.2, 0.25) is 0 Å². The van der Waals surface area contributed by atoms with Gasteiger partial charge in [0, 0.05) is 56.2 Å². The van der Waals surface area contributed by atoms with Crippen LogP contribution in [0.25, 0.3) is 0 Å². The van der Waals surface area contributed by atoms with Gasteiger partial charge >= 0.3 is 0 Å². The van der Waals surface area contributed by atoms with E-state index < -0.39 is 0 Å². The zero-order chi connectivity index (χ0) is 22.1. The van der Waals surface area contributed by atoms with Crippen LogP contribution >= 0.6 is 0 Å². The second-order valence-corrected chi connectivity index (χ2v) is 9.95. The van der Waals surface area contributed by atoms with E-state index in [0.717, 1.165) is 57.7 Å². The summed E-state index contributed by atoms with van der Waals surface area (Å²) < 4.78 is 8.55. The SMILES string of the molecule is CCn1ccc(CN2C[C@@H]3[C@H](CNC(=O)C4(C)CCCC4)[C@H]4CC[C@]3(C2)O4)n1.O=CO. The molecule has 31 heavy (non-hydrogen) atoms. The Kier molecular flexibility index (Phi) is 6.40. The van der Waals surface area contributed by atoms with E-state index in [1.54, 1.807) is 0 Å². The predicted octanol–water partition coefficient (Wildman–Crippen LogP) is 2.28. The van der Waals surface area contributed by atoms with Crippen LogP contribution in [0.1, 0.15) is 58.1 Å². The number of aryl methyl sites for hydroxylation is 1. The zero-order valence-corrected chi connectivity index (χ0v) is 18.8. The van der Waals surface area contributed by atoms with Crippen LogP contribution in [0, 0.1) is 17.3 Å². The standard InChI is InChI=1S/C22H34N4O2.CH2O2/c1-3-26-11-7-16(24-26)13-25-14-18-17(19-6-10-22(18,15-25)28-19)12-23-20(27)21(2)8-4-5-9-21;2-1-3/h7,11,17-19H,3-6,8-10,12-15H2,1-2H3,(H,23,27);1H,(H,2,3)/t17-,18+,19+,22+;/m0./s1. The van der Waals surface area contributed by atoms with Gasteiger partial charge in [0.2, 0.25) is 5.91 Å². The van der Waals surface area contributed by atoms with Crippen molar-refractivity contribution in [2.75, 3.05) is 19.6 Å². The molecule has 8 heteroatoms. The van der Waals surface area contributed by atoms with Crippen molar-refractivity contribution in [1.82, 2.24) is 20.0 Å². The van der Waals surface area contributed by atoms with E-state index in [-0.39, 0.29) is 23.4 Å². The summed E-state index contributed by atoms with van der Waals surface area (Å²) in [5.41, 5.74) is 1.02. The Balaban J connectivity index is 0.000000730. The number of carboxylic acid groups (broad SMARTS) is 1. The van der Waals surface area contributed by atoms with Crippen molar-refractivity contribution >= 4 is 12.4 Å². The third-order valence-electron chi connectivity index (χ3n) is 8.01. The molecule has 3 saturated heterocycles. The third kappa shape index (κ3) is 4.24. The highest BCUT2D eigenvalue weighted by Crippen LogP contribution is 2.54. The second-order valence-electron chi connectivity index (χ2n) is 9.95. The lowest BCUT2D eigenvalue weighted by atomic mass is 9.73. The molecule has 4 heterocycles. The minimum atomic E-state index is -0.250. The number of nitrogens with one attached hydrogen (secondary N) is 1. The summed E-state index contributed by atoms with van der Waals surface area (Å²) in [6.07, 6.45) is 9.17. The lowest BCUT2D eigenvalue weighted by molar-refractivity contribution is -0.130. The number of hydrogen-bond donors (Lipinski definition) is 2. The molecule has 3 aliphatic heterocycles. The van der Waals surface area contributed by atoms with E-state index in [4.69, 9.17) is 14.6 Å². The summed E-state index contributed by atoms with van der Waals surface area (Å²) in [4.78, 5) is 23.7. The van der Waals surface area contributed by atoms with Crippen molar-refractivity contribution in [3.63, 3.8) is 0 Å². The third-order valence-corrected chi connectivity index (χ3v) is 8.01. The van der Waals surface area contributed by atoms with Crippen LogP contribution < -0.4 is 5.32 Å². The Bertz CT molecular complexity index is 790. The van der Waals surface area contributed by atoms with Gasteiger partial charge in [-0.1, -0.05) is 19.8 Å². The predicted molar refractivity (Wildman–Crippen MR) is 115 cm³/mol. The normalized spacial score (nSPS) is 33.0. The van der Waals surface area contributed by atoms with Gasteiger partial charge < -0.3 is 15.2 Å². The van der Waals surface area contributed by atoms with Crippen LogP contribution in [0.4, 0.5) is 0 Å². The summed E-state index contributed by atoms with van der Waals surface area (Å²) in [7, 11) is 0. The van der Waals surface area contributed by atoms with E-state index >= 15 is 0 Å². The Hall–Kier alpha value is -1.93. The molecule has 4 atom stereocenters. The number of likely N-dealkylation sites (tertiary alicyclic amines) is 1. The monoisotopic (exact) mass is 432 g/mol. The second kappa shape index (κ2) is 8.90. The van der Waals surface area contributed by atoms with E-state index in [1.807, 2.05) is 4.68 Å². The van der Waals surface area contributed by atoms with Gasteiger partial charge in [0.1, 0.15) is 0 Å². The minimum Gasteiger partial charge on any atom is -0.483 e. The minimum absolute atomic E-state index is 0.0185. The summed E-state index contributed by atoms with van der Waals surface area (Å²) >= 11 is 0. The number of ether oxygens (including phenoxy) is 1. The van der Waals surface area contributed by atoms with Crippen LogP contribution in [-0.2, 0) is 27.4 Å². The Labute approximate surface area is 184 Å². The molecule has 172 valence electrons. The van der Waals surface area contributed by atoms with Gasteiger partial charge in [-0.05, 0) is 38.7 Å². The zero-order valence-electron chi connectivity index (χ0n) is 18.8. The van der Waals surface area contributed by atoms with Crippen molar-refractivity contribution in [3.8, 4) is 0 Å². The number of rotatable bonds is 6. The Morgan fingerprint density at radius 2 is 2.13 bits per heavy atom. The van der Waals surface area contributed by atoms with Crippen molar-refractivity contribution in [1.29, 1.82) is 0 Å². The van der Waals surface area contributed by atoms with E-state index in [9.17, 15) is 4.79 Å². The topological polar surface area (TPSA) is 96.7 Å². The lowest BCUT2D eigenvalue weighted by Gasteiger charge is -2.31. The smallest absolute Gasteiger partial charge is 0.290 e. The summed E-state index contributed by atoms with van der Waals surface area (Å²) in [5.74, 6) is 1.26. The molecule has 8 nitrogen and oxygen atoms in total. The maximum atomic E-state index is 12.8. The van der Waals surface area contributed by atoms with Gasteiger partial charge in [0.05, 0.1) is 17.4 Å². The molecule has 4 fully saturated rings. The number of amides is 1. The van der Waals surface area contributed by atoms with Gasteiger partial charge in [-0.2, -0.15) is 5.10 Å². The van der Waals surface area contributed by atoms with E-state index in [1.165, 1.54) is 19.3 Å². The molecule has 1 aromatic heterocycles. The summed E-state index contributed by atoms with van der Waals surface area (Å²) in [5, 5.41) is 14.9. The largest absolute Gasteiger partial charge is 0.483 e. The molecule has 1 amide bonds. The number of hydrogen-bond acceptors (Lipinski definition) is 5. The maximum absolute atomic E-state index is 12.8. The number of nitrogens with zero attached hydrogens (tertiary/aromatic N) is 3. The Morgan fingerprint density at radius 1 is 1.39 bits per heavy atom. The molecular weight excluding hydrogens is 396 g/mol. The molecule has 2 N–H and O–H groups in total. The Morgan fingerprint density at radius 3 is 2.81 bits per heavy atom. The van der Waals surface area contributed by atoms with Crippen LogP contribution in [0.3, 0.4) is 0 Å². The molecule has 1 saturated carbocycles. The van der Waals surface area contributed by atoms with Crippen molar-refractivity contribution in [2.24, 2.45) is 17.3 Å². The first-order chi connectivity index (χ1) is 14.9. The van der Waals surface area contributed by atoms with Crippen LogP contribution in [0.15, 0.2) is 12.3 Å². The fraction of sp³-hybridized carbons (Fsp3) is 0.783. The van der Waals surface area contributed by atoms with Crippen molar-refractivity contribution in [2.45, 2.75) is 77.2 Å². The van der Waals surface area contributed by atoms with E-state index in [2.05, 4.69) is 41.4 Å². The number of carbonyl (C=O) groups is 2. The fourth-order valence-corrected chi connectivity index (χ4v) is 6.38. The molecule has 0 unspecified atom stereocenters. The fourth-order valence-electron chi connectivity index (χ4n) is 6.38. The first kappa shape index (κ1) is 22.3. The average molecular weight is 433 g/mol. The average Bonchev–Trinajstić information content (AvgIpc) is 3.54. The quantitative estimate of drug-likeness (QED) is 0.670. The number of carbonyl (C=O) groups excluding carboxylic acids is 1. The molecule has 4 aliphatic rings. The number of aromatic nitrogens is 2. The van der Waals surface area contributed by atoms with Crippen LogP contribution in [-0.4, -0.2) is 63.5 Å². The van der Waals surface area contributed by atoms with Gasteiger partial charge in [0.25, 0.3) is 6.47 Å². The molecule has 1 aliphatic carbocycles. The first-order valence-corrected chi connectivity index (χ1v) is 11.7. The van der Waals surface area contributed by atoms with Gasteiger partial charge in [-0.25, -0.2) is 0 Å². The molecular formula is C23H36N4O4. The molecule has 1 spiro atoms.